The summed E-state index contributed by atoms with van der Waals surface area (Å²) in [5, 5.41) is 18.5. The highest BCUT2D eigenvalue weighted by molar-refractivity contribution is 7.80. The first-order valence-electron chi connectivity index (χ1n) is 23.2. The number of thiocarbonyl (C=S) groups is 1. The van der Waals surface area contributed by atoms with Crippen molar-refractivity contribution in [2.24, 2.45) is 5.16 Å². The molecule has 74 heavy (non-hydrogen) atoms. The molecule has 9 rings (SSSR count). The van der Waals surface area contributed by atoms with E-state index in [0.717, 1.165) is 31.8 Å². The average molecular weight is 1030 g/mol. The van der Waals surface area contributed by atoms with Gasteiger partial charge in [-0.3, -0.25) is 28.6 Å². The SMILES string of the molecule is CON=C(C(=O)NC1C(=O)N2C(C(=O)OC(c3ccccc3)c3ccccc3)=C(CC(=S)c3n[nH]c(=O)c(=O)n3CC(OC)OC)COC12)c1csc(Nc2ccccc2C(c2ccccc2)c2ccccc2)n1. The van der Waals surface area contributed by atoms with Gasteiger partial charge in [-0.05, 0) is 39.5 Å². The van der Waals surface area contributed by atoms with Gasteiger partial charge in [0.2, 0.25) is 0 Å². The maximum atomic E-state index is 14.8. The van der Waals surface area contributed by atoms with Gasteiger partial charge in [0.1, 0.15) is 18.5 Å². The Bertz CT molecular complexity index is 3270. The lowest BCUT2D eigenvalue weighted by molar-refractivity contribution is -0.186. The lowest BCUT2D eigenvalue weighted by Crippen LogP contribution is -2.73. The highest BCUT2D eigenvalue weighted by Crippen LogP contribution is 2.39. The molecule has 0 saturated carbocycles. The van der Waals surface area contributed by atoms with Crippen molar-refractivity contribution in [1.29, 1.82) is 0 Å². The number of esters is 1. The van der Waals surface area contributed by atoms with Crippen LogP contribution in [0.1, 0.15) is 57.8 Å². The summed E-state index contributed by atoms with van der Waals surface area (Å²) < 4.78 is 24.1. The number of benzene rings is 5. The molecule has 2 amide bonds. The van der Waals surface area contributed by atoms with E-state index in [-0.39, 0.29) is 58.9 Å². The Morgan fingerprint density at radius 3 is 2.00 bits per heavy atom. The number of hydrogen-bond donors (Lipinski definition) is 3. The van der Waals surface area contributed by atoms with Crippen LogP contribution in [0.15, 0.2) is 177 Å². The van der Waals surface area contributed by atoms with Gasteiger partial charge in [0.15, 0.2) is 41.3 Å². The number of oxime groups is 1. The third kappa shape index (κ3) is 10.8. The van der Waals surface area contributed by atoms with Crippen molar-refractivity contribution < 1.29 is 38.2 Å². The zero-order valence-electron chi connectivity index (χ0n) is 40.1. The number of carbonyl (C=O) groups is 3. The fourth-order valence-electron chi connectivity index (χ4n) is 8.80. The van der Waals surface area contributed by atoms with Crippen LogP contribution in [0.2, 0.25) is 0 Å². The Kier molecular flexibility index (Phi) is 15.8. The van der Waals surface area contributed by atoms with Gasteiger partial charge in [0.25, 0.3) is 11.8 Å². The van der Waals surface area contributed by atoms with Gasteiger partial charge in [-0.2, -0.15) is 5.10 Å². The number of rotatable bonds is 20. The first-order valence-corrected chi connectivity index (χ1v) is 24.5. The molecule has 2 aliphatic rings. The number of H-pyrrole nitrogens is 1. The molecule has 18 nitrogen and oxygen atoms in total. The van der Waals surface area contributed by atoms with E-state index in [1.54, 1.807) is 5.38 Å². The Morgan fingerprint density at radius 2 is 1.41 bits per heavy atom. The predicted molar refractivity (Wildman–Crippen MR) is 279 cm³/mol. The van der Waals surface area contributed by atoms with Crippen LogP contribution in [0, 0.1) is 0 Å². The van der Waals surface area contributed by atoms with E-state index >= 15 is 0 Å². The third-order valence-electron chi connectivity index (χ3n) is 12.3. The van der Waals surface area contributed by atoms with Gasteiger partial charge < -0.3 is 34.4 Å². The van der Waals surface area contributed by atoms with E-state index in [1.165, 1.54) is 32.7 Å². The van der Waals surface area contributed by atoms with E-state index in [0.29, 0.717) is 16.3 Å². The zero-order chi connectivity index (χ0) is 51.7. The number of nitrogens with one attached hydrogen (secondary N) is 3. The molecule has 376 valence electrons. The van der Waals surface area contributed by atoms with Crippen LogP contribution in [-0.2, 0) is 44.7 Å². The molecular formula is C54H48N8O10S2. The standard InChI is InChI=1S/C54H48N8O10S2/c1-68-41(69-2)29-61-47(58-59-49(64)51(61)66)40(73)28-36-30-71-52-44(50(65)62(52)45(36)53(67)72-46(34-22-12-6-13-23-34)35-24-14-7-15-25-35)57-48(63)43(60-70-3)39-31-74-54(56-39)55-38-27-17-16-26-37(38)42(32-18-8-4-9-19-32)33-20-10-5-11-21-33/h4-27,31,41-42,44,46,52H,28-30H2,1-3H3,(H,55,56)(H,57,63)(H,59,64). The lowest BCUT2D eigenvalue weighted by Gasteiger charge is -2.49. The number of fused-ring (bicyclic) bond motifs is 1. The molecular weight excluding hydrogens is 985 g/mol. The van der Waals surface area contributed by atoms with E-state index in [2.05, 4.69) is 56.3 Å². The van der Waals surface area contributed by atoms with Crippen molar-refractivity contribution in [3.05, 3.63) is 222 Å². The van der Waals surface area contributed by atoms with Gasteiger partial charge in [-0.1, -0.05) is 157 Å². The van der Waals surface area contributed by atoms with E-state index in [4.69, 9.17) is 41.0 Å². The number of amides is 2. The Balaban J connectivity index is 0.988. The van der Waals surface area contributed by atoms with Crippen LogP contribution in [0.3, 0.4) is 0 Å². The maximum Gasteiger partial charge on any atom is 0.356 e. The van der Waals surface area contributed by atoms with Crippen LogP contribution in [0.25, 0.3) is 0 Å². The number of hydrogen-bond acceptors (Lipinski definition) is 16. The van der Waals surface area contributed by atoms with Crippen molar-refractivity contribution in [2.45, 2.75) is 43.5 Å². The number of carbonyl (C=O) groups excluding carboxylic acids is 3. The Labute approximate surface area is 433 Å². The van der Waals surface area contributed by atoms with Crippen molar-refractivity contribution in [3.8, 4) is 0 Å². The number of para-hydroxylation sites is 1. The van der Waals surface area contributed by atoms with Crippen LogP contribution >= 0.6 is 23.6 Å². The van der Waals surface area contributed by atoms with Crippen molar-refractivity contribution in [3.63, 3.8) is 0 Å². The van der Waals surface area contributed by atoms with Crippen LogP contribution in [0.4, 0.5) is 10.8 Å². The fraction of sp³-hybridized carbons (Fsp3) is 0.204. The zero-order valence-corrected chi connectivity index (χ0v) is 41.7. The summed E-state index contributed by atoms with van der Waals surface area (Å²) in [7, 11) is 4.01. The molecule has 5 aromatic carbocycles. The quantitative estimate of drug-likeness (QED) is 0.00872. The molecule has 0 aliphatic carbocycles. The van der Waals surface area contributed by atoms with E-state index in [1.807, 2.05) is 115 Å². The average Bonchev–Trinajstić information content (AvgIpc) is 3.90. The second-order valence-electron chi connectivity index (χ2n) is 16.8. The third-order valence-corrected chi connectivity index (χ3v) is 13.4. The molecule has 4 heterocycles. The molecule has 1 saturated heterocycles. The smallest absolute Gasteiger partial charge is 0.356 e. The summed E-state index contributed by atoms with van der Waals surface area (Å²) in [5.41, 5.74) is 3.26. The van der Waals surface area contributed by atoms with Crippen molar-refractivity contribution in [1.82, 2.24) is 30.0 Å². The van der Waals surface area contributed by atoms with Crippen molar-refractivity contribution >= 4 is 62.7 Å². The fourth-order valence-corrected chi connectivity index (χ4v) is 9.84. The Morgan fingerprint density at radius 1 is 0.824 bits per heavy atom. The minimum atomic E-state index is -1.30. The molecule has 2 atom stereocenters. The summed E-state index contributed by atoms with van der Waals surface area (Å²) in [4.78, 5) is 80.0. The van der Waals surface area contributed by atoms with Crippen LogP contribution in [0.5, 0.6) is 0 Å². The van der Waals surface area contributed by atoms with Gasteiger partial charge in [0.05, 0.1) is 18.0 Å². The molecule has 20 heteroatoms. The molecule has 1 fully saturated rings. The molecule has 0 radical (unpaired) electrons. The molecule has 2 unspecified atom stereocenters. The van der Waals surface area contributed by atoms with Gasteiger partial charge >= 0.3 is 17.1 Å². The molecule has 0 bridgehead atoms. The summed E-state index contributed by atoms with van der Waals surface area (Å²) in [6.07, 6.45) is -3.32. The van der Waals surface area contributed by atoms with Crippen molar-refractivity contribution in [2.75, 3.05) is 33.3 Å². The summed E-state index contributed by atoms with van der Waals surface area (Å²) in [6, 6.07) is 45.1. The predicted octanol–water partition coefficient (Wildman–Crippen LogP) is 6.36. The molecule has 3 N–H and O–H groups in total. The minimum Gasteiger partial charge on any atom is -0.448 e. The second kappa shape index (κ2) is 23.1. The number of thiazole rings is 1. The van der Waals surface area contributed by atoms with Gasteiger partial charge in [-0.15, -0.1) is 11.3 Å². The molecule has 2 aliphatic heterocycles. The molecule has 7 aromatic rings. The summed E-state index contributed by atoms with van der Waals surface area (Å²) >= 11 is 7.07. The topological polar surface area (TPSA) is 218 Å². The van der Waals surface area contributed by atoms with E-state index in [9.17, 15) is 24.0 Å². The lowest BCUT2D eigenvalue weighted by atomic mass is 9.84. The number of aromatic nitrogens is 4. The number of anilines is 2. The summed E-state index contributed by atoms with van der Waals surface area (Å²) in [5.74, 6) is -2.64. The number of nitrogens with zero attached hydrogens (tertiary/aromatic N) is 5. The van der Waals surface area contributed by atoms with Gasteiger partial charge in [-0.25, -0.2) is 14.9 Å². The van der Waals surface area contributed by atoms with E-state index < -0.39 is 53.6 Å². The van der Waals surface area contributed by atoms with Crippen LogP contribution in [-0.4, -0.2) is 99.5 Å². The highest BCUT2D eigenvalue weighted by Gasteiger charge is 2.56. The Hall–Kier alpha value is -8.27. The first-order chi connectivity index (χ1) is 36.1. The van der Waals surface area contributed by atoms with Crippen LogP contribution < -0.4 is 21.8 Å². The summed E-state index contributed by atoms with van der Waals surface area (Å²) in [6.45, 7) is -0.534. The number of aromatic amines is 1. The minimum absolute atomic E-state index is 0.000357. The molecule has 2 aromatic heterocycles. The monoisotopic (exact) mass is 1030 g/mol. The highest BCUT2D eigenvalue weighted by atomic mass is 32.1. The van der Waals surface area contributed by atoms with Gasteiger partial charge in [0, 0.05) is 37.6 Å². The number of β-lactam (4-membered cyclic amide) rings is 1. The number of ether oxygens (including phenoxy) is 4. The normalized spacial score (nSPS) is 15.5. The second-order valence-corrected chi connectivity index (χ2v) is 18.2. The maximum absolute atomic E-state index is 14.8. The number of methoxy groups -OCH3 is 2. The largest absolute Gasteiger partial charge is 0.448 e. The molecule has 0 spiro atoms. The first kappa shape index (κ1) is 50.7.